The van der Waals surface area contributed by atoms with Crippen LogP contribution < -0.4 is 5.73 Å². The van der Waals surface area contributed by atoms with Gasteiger partial charge in [0.2, 0.25) is 0 Å². The van der Waals surface area contributed by atoms with Gasteiger partial charge in [0.15, 0.2) is 5.82 Å². The molecule has 0 saturated carbocycles. The average Bonchev–Trinajstić information content (AvgIpc) is 2.96. The molecular weight excluding hydrogens is 278 g/mol. The molecule has 0 aliphatic heterocycles. The lowest BCUT2D eigenvalue weighted by molar-refractivity contribution is 0.278. The Hall–Kier alpha value is -1.86. The van der Waals surface area contributed by atoms with E-state index in [9.17, 15) is 8.78 Å². The third kappa shape index (κ3) is 3.62. The van der Waals surface area contributed by atoms with Crippen molar-refractivity contribution < 1.29 is 13.3 Å². The lowest BCUT2D eigenvalue weighted by Crippen LogP contribution is -2.32. The van der Waals surface area contributed by atoms with E-state index < -0.39 is 17.7 Å². The highest BCUT2D eigenvalue weighted by Gasteiger charge is 2.19. The molecule has 1 unspecified atom stereocenters. The van der Waals surface area contributed by atoms with Crippen molar-refractivity contribution in [3.63, 3.8) is 0 Å². The molecule has 2 N–H and O–H groups in total. The van der Waals surface area contributed by atoms with E-state index in [0.717, 1.165) is 31.3 Å². The maximum absolute atomic E-state index is 13.7. The minimum absolute atomic E-state index is 0.0659. The molecule has 0 aliphatic carbocycles. The van der Waals surface area contributed by atoms with Crippen molar-refractivity contribution in [3.8, 4) is 11.5 Å². The van der Waals surface area contributed by atoms with Crippen LogP contribution in [0.1, 0.15) is 25.7 Å². The summed E-state index contributed by atoms with van der Waals surface area (Å²) >= 11 is 0. The second-order valence-electron chi connectivity index (χ2n) is 4.67. The van der Waals surface area contributed by atoms with Gasteiger partial charge in [0.25, 0.3) is 5.89 Å². The topological polar surface area (TPSA) is 68.2 Å². The summed E-state index contributed by atoms with van der Waals surface area (Å²) < 4.78 is 31.8. The van der Waals surface area contributed by atoms with Gasteiger partial charge in [-0.2, -0.15) is 4.98 Å². The Labute approximate surface area is 121 Å². The zero-order valence-electron chi connectivity index (χ0n) is 12.0. The molecule has 1 atom stereocenters. The molecule has 0 bridgehead atoms. The van der Waals surface area contributed by atoms with Crippen LogP contribution in [-0.2, 0) is 0 Å². The predicted molar refractivity (Wildman–Crippen MR) is 74.4 cm³/mol. The first-order valence-corrected chi connectivity index (χ1v) is 6.82. The Morgan fingerprint density at radius 1 is 1.29 bits per heavy atom. The van der Waals surface area contributed by atoms with E-state index >= 15 is 0 Å². The fourth-order valence-electron chi connectivity index (χ4n) is 2.00. The first-order chi connectivity index (χ1) is 10.0. The molecule has 0 saturated heterocycles. The van der Waals surface area contributed by atoms with Crippen LogP contribution in [0.3, 0.4) is 0 Å². The van der Waals surface area contributed by atoms with Crippen LogP contribution in [0.2, 0.25) is 0 Å². The quantitative estimate of drug-likeness (QED) is 0.886. The van der Waals surface area contributed by atoms with Gasteiger partial charge < -0.3 is 15.2 Å². The zero-order valence-corrected chi connectivity index (χ0v) is 12.0. The number of nitrogens with zero attached hydrogens (tertiary/aromatic N) is 3. The zero-order chi connectivity index (χ0) is 15.4. The van der Waals surface area contributed by atoms with Crippen LogP contribution in [0.15, 0.2) is 22.7 Å². The second-order valence-corrected chi connectivity index (χ2v) is 4.67. The van der Waals surface area contributed by atoms with Crippen molar-refractivity contribution in [2.24, 2.45) is 5.73 Å². The molecule has 7 heteroatoms. The van der Waals surface area contributed by atoms with Crippen LogP contribution in [0.4, 0.5) is 8.78 Å². The maximum atomic E-state index is 13.7. The van der Waals surface area contributed by atoms with Crippen LogP contribution in [-0.4, -0.2) is 34.7 Å². The van der Waals surface area contributed by atoms with Gasteiger partial charge in [-0.15, -0.1) is 0 Å². The summed E-state index contributed by atoms with van der Waals surface area (Å²) in [5, 5.41) is 3.76. The molecule has 0 amide bonds. The fourth-order valence-corrected chi connectivity index (χ4v) is 2.00. The summed E-state index contributed by atoms with van der Waals surface area (Å²) in [5.74, 6) is -0.986. The molecule has 1 aromatic carbocycles. The lowest BCUT2D eigenvalue weighted by Gasteiger charge is -2.20. The van der Waals surface area contributed by atoms with E-state index in [-0.39, 0.29) is 17.3 Å². The monoisotopic (exact) mass is 296 g/mol. The van der Waals surface area contributed by atoms with Gasteiger partial charge in [-0.1, -0.05) is 19.0 Å². The van der Waals surface area contributed by atoms with Gasteiger partial charge in [0, 0.05) is 6.54 Å². The van der Waals surface area contributed by atoms with E-state index in [1.54, 1.807) is 0 Å². The van der Waals surface area contributed by atoms with Crippen LogP contribution in [0.25, 0.3) is 11.5 Å². The number of aromatic nitrogens is 2. The number of rotatable bonds is 6. The van der Waals surface area contributed by atoms with E-state index in [0.29, 0.717) is 6.54 Å². The molecule has 21 heavy (non-hydrogen) atoms. The number of halogens is 2. The highest BCUT2D eigenvalue weighted by molar-refractivity contribution is 5.53. The number of hydrogen-bond acceptors (Lipinski definition) is 5. The molecule has 2 rings (SSSR count). The summed E-state index contributed by atoms with van der Waals surface area (Å²) in [5.41, 5.74) is 5.95. The Morgan fingerprint density at radius 3 is 2.67 bits per heavy atom. The fraction of sp³-hybridized carbons (Fsp3) is 0.429. The highest BCUT2D eigenvalue weighted by atomic mass is 19.1. The van der Waals surface area contributed by atoms with Crippen molar-refractivity contribution in [2.75, 3.05) is 19.6 Å². The predicted octanol–water partition coefficient (Wildman–Crippen LogP) is 2.36. The Morgan fingerprint density at radius 2 is 2.00 bits per heavy atom. The maximum Gasteiger partial charge on any atom is 0.261 e. The Kier molecular flexibility index (Phi) is 4.98. The second kappa shape index (κ2) is 6.73. The van der Waals surface area contributed by atoms with Crippen molar-refractivity contribution in [1.29, 1.82) is 0 Å². The van der Waals surface area contributed by atoms with Gasteiger partial charge in [0.1, 0.15) is 11.6 Å². The Balaban J connectivity index is 2.19. The summed E-state index contributed by atoms with van der Waals surface area (Å²) in [4.78, 5) is 6.18. The molecule has 5 nitrogen and oxygen atoms in total. The van der Waals surface area contributed by atoms with Gasteiger partial charge >= 0.3 is 0 Å². The lowest BCUT2D eigenvalue weighted by atomic mass is 10.2. The number of hydrogen-bond donors (Lipinski definition) is 1. The molecular formula is C14H18F2N4O. The van der Waals surface area contributed by atoms with Gasteiger partial charge in [-0.3, -0.25) is 0 Å². The molecule has 114 valence electrons. The number of benzene rings is 1. The SMILES string of the molecule is CCN(CC)CC(N)c1noc(-c2cc(F)ccc2F)n1. The molecule has 1 aromatic heterocycles. The van der Waals surface area contributed by atoms with Crippen molar-refractivity contribution in [2.45, 2.75) is 19.9 Å². The van der Waals surface area contributed by atoms with Crippen molar-refractivity contribution in [3.05, 3.63) is 35.7 Å². The van der Waals surface area contributed by atoms with Gasteiger partial charge in [-0.25, -0.2) is 8.78 Å². The molecule has 0 spiro atoms. The molecule has 2 aromatic rings. The number of likely N-dealkylation sites (N-methyl/N-ethyl adjacent to an activating group) is 1. The standard InChI is InChI=1S/C14H18F2N4O/c1-3-20(4-2)8-12(17)13-18-14(21-19-13)10-7-9(15)5-6-11(10)16/h5-7,12H,3-4,8,17H2,1-2H3. The summed E-state index contributed by atoms with van der Waals surface area (Å²) in [6.07, 6.45) is 0. The average molecular weight is 296 g/mol. The smallest absolute Gasteiger partial charge is 0.261 e. The van der Waals surface area contributed by atoms with Crippen LogP contribution in [0.5, 0.6) is 0 Å². The molecule has 0 fully saturated rings. The molecule has 1 heterocycles. The largest absolute Gasteiger partial charge is 0.334 e. The summed E-state index contributed by atoms with van der Waals surface area (Å²) in [6, 6.07) is 2.62. The molecule has 0 radical (unpaired) electrons. The first kappa shape index (κ1) is 15.5. The van der Waals surface area contributed by atoms with Crippen molar-refractivity contribution in [1.82, 2.24) is 15.0 Å². The summed E-state index contributed by atoms with van der Waals surface area (Å²) in [6.45, 7) is 6.33. The normalized spacial score (nSPS) is 12.9. The Bertz CT molecular complexity index is 598. The van der Waals surface area contributed by atoms with E-state index in [4.69, 9.17) is 10.3 Å². The highest BCUT2D eigenvalue weighted by Crippen LogP contribution is 2.23. The summed E-state index contributed by atoms with van der Waals surface area (Å²) in [7, 11) is 0. The van der Waals surface area contributed by atoms with Crippen molar-refractivity contribution >= 4 is 0 Å². The van der Waals surface area contributed by atoms with E-state index in [2.05, 4.69) is 15.0 Å². The van der Waals surface area contributed by atoms with E-state index in [1.807, 2.05) is 13.8 Å². The third-order valence-electron chi connectivity index (χ3n) is 3.28. The minimum atomic E-state index is -0.621. The van der Waals surface area contributed by atoms with E-state index in [1.165, 1.54) is 0 Å². The third-order valence-corrected chi connectivity index (χ3v) is 3.28. The van der Waals surface area contributed by atoms with Gasteiger partial charge in [-0.05, 0) is 31.3 Å². The minimum Gasteiger partial charge on any atom is -0.334 e. The number of nitrogens with two attached hydrogens (primary N) is 1. The van der Waals surface area contributed by atoms with Crippen LogP contribution >= 0.6 is 0 Å². The first-order valence-electron chi connectivity index (χ1n) is 6.82. The van der Waals surface area contributed by atoms with Crippen LogP contribution in [0, 0.1) is 11.6 Å². The van der Waals surface area contributed by atoms with Gasteiger partial charge in [0.05, 0.1) is 11.6 Å². The molecule has 0 aliphatic rings.